The zero-order chi connectivity index (χ0) is 42.0. The molecule has 0 aliphatic carbocycles. The maximum Gasteiger partial charge on any atom is 0.306 e. The standard InChI is InChI=1S/C26H53N3O2.C18H34O3S2.C2H6/c1-4-5-6-13-18-25(30)19-14-11-9-7-8-10-12-15-20-26(31)28-22-17-24-29(3)23-16-21-27-2;1-2-3-4-5-6-7-8-9-10-11-15-21-18(20)13-17-23-22-16-12-14-19;1-2/h11,14,25,27,30H,4-10,12-13,15-24H2,1-3H3,(H,28,31);14H,2-13,15-17H2,1H3;1-2H3/b14-11+;;. The summed E-state index contributed by atoms with van der Waals surface area (Å²) < 4.78 is 5.22. The Labute approximate surface area is 355 Å². The highest BCUT2D eigenvalue weighted by atomic mass is 33.1. The van der Waals surface area contributed by atoms with Gasteiger partial charge >= 0.3 is 5.97 Å². The molecule has 0 aliphatic heterocycles. The lowest BCUT2D eigenvalue weighted by Gasteiger charge is -2.16. The number of esters is 1. The number of allylic oxidation sites excluding steroid dienone is 1. The van der Waals surface area contributed by atoms with Gasteiger partial charge < -0.3 is 30.2 Å². The number of nitrogens with zero attached hydrogens (tertiary/aromatic N) is 1. The summed E-state index contributed by atoms with van der Waals surface area (Å²) in [5.41, 5.74) is 0. The van der Waals surface area contributed by atoms with Crippen LogP contribution in [0.15, 0.2) is 12.2 Å². The number of hydrogen-bond acceptors (Lipinski definition) is 9. The van der Waals surface area contributed by atoms with Gasteiger partial charge in [0.25, 0.3) is 0 Å². The van der Waals surface area contributed by atoms with Crippen LogP contribution in [0.2, 0.25) is 0 Å². The number of amides is 1. The van der Waals surface area contributed by atoms with Crippen molar-refractivity contribution in [3.63, 3.8) is 0 Å². The van der Waals surface area contributed by atoms with Crippen molar-refractivity contribution in [2.45, 2.75) is 207 Å². The van der Waals surface area contributed by atoms with Crippen LogP contribution in [0.25, 0.3) is 0 Å². The maximum absolute atomic E-state index is 11.9. The molecule has 0 aromatic carbocycles. The normalized spacial score (nSPS) is 11.5. The van der Waals surface area contributed by atoms with E-state index in [-0.39, 0.29) is 18.0 Å². The van der Waals surface area contributed by atoms with E-state index in [0.29, 0.717) is 25.9 Å². The van der Waals surface area contributed by atoms with Gasteiger partial charge in [-0.25, -0.2) is 0 Å². The number of ether oxygens (including phenoxy) is 1. The molecule has 0 bridgehead atoms. The monoisotopic (exact) mass is 832 g/mol. The Morgan fingerprint density at radius 1 is 0.679 bits per heavy atom. The summed E-state index contributed by atoms with van der Waals surface area (Å²) in [7, 11) is 7.41. The first-order chi connectivity index (χ1) is 27.4. The van der Waals surface area contributed by atoms with E-state index in [1.807, 2.05) is 20.9 Å². The predicted octanol–water partition coefficient (Wildman–Crippen LogP) is 11.9. The first-order valence-corrected chi connectivity index (χ1v) is 25.7. The third-order valence-corrected chi connectivity index (χ3v) is 11.7. The Bertz CT molecular complexity index is 822. The molecular formula is C46H93N3O5S2. The predicted molar refractivity (Wildman–Crippen MR) is 249 cm³/mol. The van der Waals surface area contributed by atoms with Gasteiger partial charge in [0.05, 0.1) is 19.1 Å². The molecule has 1 amide bonds. The molecule has 10 heteroatoms. The number of carbonyl (C=O) groups is 3. The Hall–Kier alpha value is -1.07. The van der Waals surface area contributed by atoms with Crippen LogP contribution in [-0.4, -0.2) is 92.7 Å². The summed E-state index contributed by atoms with van der Waals surface area (Å²) in [5, 5.41) is 16.2. The molecule has 1 unspecified atom stereocenters. The third kappa shape index (κ3) is 55.0. The minimum Gasteiger partial charge on any atom is -0.466 e. The van der Waals surface area contributed by atoms with Gasteiger partial charge in [-0.1, -0.05) is 164 Å². The van der Waals surface area contributed by atoms with Crippen LogP contribution >= 0.6 is 21.6 Å². The fourth-order valence-electron chi connectivity index (χ4n) is 5.86. The second kappa shape index (κ2) is 53.9. The topological polar surface area (TPSA) is 108 Å². The minimum atomic E-state index is -0.163. The molecule has 0 heterocycles. The Morgan fingerprint density at radius 2 is 1.23 bits per heavy atom. The first-order valence-electron chi connectivity index (χ1n) is 23.2. The van der Waals surface area contributed by atoms with Crippen molar-refractivity contribution in [1.82, 2.24) is 15.5 Å². The molecule has 3 N–H and O–H groups in total. The van der Waals surface area contributed by atoms with Gasteiger partial charge in [-0.15, -0.1) is 0 Å². The van der Waals surface area contributed by atoms with Crippen molar-refractivity contribution in [2.75, 3.05) is 58.4 Å². The molecule has 0 aromatic rings. The number of carbonyl (C=O) groups excluding carboxylic acids is 3. The zero-order valence-electron chi connectivity index (χ0n) is 37.7. The van der Waals surface area contributed by atoms with E-state index in [9.17, 15) is 19.5 Å². The van der Waals surface area contributed by atoms with Crippen molar-refractivity contribution < 1.29 is 24.2 Å². The number of hydrogen-bond donors (Lipinski definition) is 3. The highest BCUT2D eigenvalue weighted by Crippen LogP contribution is 2.22. The van der Waals surface area contributed by atoms with E-state index in [2.05, 4.69) is 48.6 Å². The number of aliphatic hydroxyl groups excluding tert-OH is 1. The molecule has 334 valence electrons. The quantitative estimate of drug-likeness (QED) is 0.0182. The van der Waals surface area contributed by atoms with Gasteiger partial charge in [0.2, 0.25) is 5.91 Å². The number of unbranched alkanes of at least 4 members (excludes halogenated alkanes) is 17. The van der Waals surface area contributed by atoms with E-state index >= 15 is 0 Å². The summed E-state index contributed by atoms with van der Waals surface area (Å²) in [5.74, 6) is 1.70. The highest BCUT2D eigenvalue weighted by Gasteiger charge is 2.04. The third-order valence-electron chi connectivity index (χ3n) is 9.30. The van der Waals surface area contributed by atoms with Crippen LogP contribution in [0, 0.1) is 0 Å². The van der Waals surface area contributed by atoms with Gasteiger partial charge in [0.15, 0.2) is 0 Å². The van der Waals surface area contributed by atoms with Crippen LogP contribution in [-0.2, 0) is 19.1 Å². The molecule has 1 atom stereocenters. The number of aldehydes is 1. The van der Waals surface area contributed by atoms with Crippen molar-refractivity contribution in [3.05, 3.63) is 12.2 Å². The first kappa shape index (κ1) is 59.2. The summed E-state index contributed by atoms with van der Waals surface area (Å²) in [4.78, 5) is 35.8. The molecule has 0 fully saturated rings. The average molecular weight is 832 g/mol. The summed E-state index contributed by atoms with van der Waals surface area (Å²) >= 11 is 0. The van der Waals surface area contributed by atoms with Crippen molar-refractivity contribution >= 4 is 39.8 Å². The number of aliphatic hydroxyl groups is 1. The van der Waals surface area contributed by atoms with E-state index in [1.165, 1.54) is 96.3 Å². The molecule has 0 aromatic heterocycles. The molecule has 0 radical (unpaired) electrons. The van der Waals surface area contributed by atoms with Crippen molar-refractivity contribution in [3.8, 4) is 0 Å². The largest absolute Gasteiger partial charge is 0.466 e. The summed E-state index contributed by atoms with van der Waals surface area (Å²) in [6.07, 6.45) is 35.5. The molecule has 0 rings (SSSR count). The smallest absolute Gasteiger partial charge is 0.306 e. The van der Waals surface area contributed by atoms with E-state index in [4.69, 9.17) is 4.74 Å². The zero-order valence-corrected chi connectivity index (χ0v) is 39.3. The molecule has 56 heavy (non-hydrogen) atoms. The van der Waals surface area contributed by atoms with E-state index in [0.717, 1.165) is 102 Å². The van der Waals surface area contributed by atoms with Crippen LogP contribution < -0.4 is 10.6 Å². The average Bonchev–Trinajstić information content (AvgIpc) is 3.20. The van der Waals surface area contributed by atoms with Gasteiger partial charge in [-0.05, 0) is 85.1 Å². The van der Waals surface area contributed by atoms with Crippen LogP contribution in [0.3, 0.4) is 0 Å². The van der Waals surface area contributed by atoms with Crippen LogP contribution in [0.1, 0.15) is 201 Å². The molecule has 0 spiro atoms. The van der Waals surface area contributed by atoms with Gasteiger partial charge in [-0.3, -0.25) is 9.59 Å². The van der Waals surface area contributed by atoms with Crippen LogP contribution in [0.4, 0.5) is 0 Å². The Morgan fingerprint density at radius 3 is 1.86 bits per heavy atom. The number of nitrogens with one attached hydrogen (secondary N) is 2. The second-order valence-electron chi connectivity index (χ2n) is 14.7. The summed E-state index contributed by atoms with van der Waals surface area (Å²) in [6.45, 7) is 13.0. The van der Waals surface area contributed by atoms with Gasteiger partial charge in [0, 0.05) is 30.9 Å². The SMILES string of the molecule is CC.CCCCCCC(O)C/C=C/CCCCCCCC(=O)NCCCN(C)CCCNC.CCCCCCCCCCCCOC(=O)CCSSCCC=O. The maximum atomic E-state index is 11.9. The van der Waals surface area contributed by atoms with E-state index < -0.39 is 0 Å². The fraction of sp³-hybridized carbons (Fsp3) is 0.891. The van der Waals surface area contributed by atoms with E-state index in [1.54, 1.807) is 21.6 Å². The fourth-order valence-corrected chi connectivity index (χ4v) is 7.79. The van der Waals surface area contributed by atoms with Crippen LogP contribution in [0.5, 0.6) is 0 Å². The molecule has 0 aliphatic rings. The molecular weight excluding hydrogens is 739 g/mol. The molecule has 0 saturated heterocycles. The lowest BCUT2D eigenvalue weighted by Crippen LogP contribution is -2.29. The highest BCUT2D eigenvalue weighted by molar-refractivity contribution is 8.76. The second-order valence-corrected chi connectivity index (χ2v) is 17.4. The van der Waals surface area contributed by atoms with Gasteiger partial charge in [-0.2, -0.15) is 0 Å². The number of rotatable bonds is 41. The lowest BCUT2D eigenvalue weighted by atomic mass is 10.1. The lowest BCUT2D eigenvalue weighted by molar-refractivity contribution is -0.143. The molecule has 0 saturated carbocycles. The minimum absolute atomic E-state index is 0.0931. The molecule has 8 nitrogen and oxygen atoms in total. The summed E-state index contributed by atoms with van der Waals surface area (Å²) in [6, 6.07) is 0. The Balaban J connectivity index is -0.000000999. The van der Waals surface area contributed by atoms with Gasteiger partial charge in [0.1, 0.15) is 6.29 Å². The Kier molecular flexibility index (Phi) is 57.1. The van der Waals surface area contributed by atoms with Crippen molar-refractivity contribution in [1.29, 1.82) is 0 Å². The van der Waals surface area contributed by atoms with Crippen molar-refractivity contribution in [2.24, 2.45) is 0 Å².